The van der Waals surface area contributed by atoms with Crippen LogP contribution < -0.4 is 10.5 Å². The summed E-state index contributed by atoms with van der Waals surface area (Å²) in [6.45, 7) is 1.86. The van der Waals surface area contributed by atoms with E-state index in [2.05, 4.69) is 26.1 Å². The first-order chi connectivity index (χ1) is 10.5. The van der Waals surface area contributed by atoms with E-state index >= 15 is 0 Å². The topological polar surface area (TPSA) is 74.2 Å². The van der Waals surface area contributed by atoms with E-state index in [1.807, 2.05) is 6.92 Å². The lowest BCUT2D eigenvalue weighted by Gasteiger charge is -2.18. The lowest BCUT2D eigenvalue weighted by molar-refractivity contribution is 0.174. The van der Waals surface area contributed by atoms with Crippen LogP contribution in [0.2, 0.25) is 5.02 Å². The summed E-state index contributed by atoms with van der Waals surface area (Å²) in [6.07, 6.45) is 3.62. The maximum Gasteiger partial charge on any atom is 0.267 e. The smallest absolute Gasteiger partial charge is 0.267 e. The maximum atomic E-state index is 6.34. The predicted molar refractivity (Wildman–Crippen MR) is 86.8 cm³/mol. The summed E-state index contributed by atoms with van der Waals surface area (Å²) in [6, 6.07) is 5.33. The average Bonchev–Trinajstić information content (AvgIpc) is 3.11. The van der Waals surface area contributed by atoms with E-state index in [-0.39, 0.29) is 6.10 Å². The average molecular weight is 387 g/mol. The highest BCUT2D eigenvalue weighted by Crippen LogP contribution is 2.36. The predicted octanol–water partition coefficient (Wildman–Crippen LogP) is 4.35. The molecule has 7 heteroatoms. The number of hydrogen-bond acceptors (Lipinski definition) is 5. The summed E-state index contributed by atoms with van der Waals surface area (Å²) in [5.41, 5.74) is 5.88. The number of ether oxygens (including phenoxy) is 1. The van der Waals surface area contributed by atoms with Crippen LogP contribution in [0.4, 0.5) is 0 Å². The Kier molecular flexibility index (Phi) is 4.43. The summed E-state index contributed by atoms with van der Waals surface area (Å²) < 4.78 is 12.0. The number of nitrogens with two attached hydrogens (primary N) is 1. The lowest BCUT2D eigenvalue weighted by atomic mass is 9.99. The normalized spacial score (nSPS) is 18.4. The van der Waals surface area contributed by atoms with Crippen LogP contribution in [-0.2, 0) is 5.54 Å². The first-order valence-electron chi connectivity index (χ1n) is 7.23. The molecule has 2 N–H and O–H groups in total. The molecule has 1 aliphatic carbocycles. The van der Waals surface area contributed by atoms with Crippen LogP contribution in [-0.4, -0.2) is 10.1 Å². The fourth-order valence-corrected chi connectivity index (χ4v) is 3.42. The zero-order chi connectivity index (χ0) is 15.7. The largest absolute Gasteiger partial charge is 0.480 e. The van der Waals surface area contributed by atoms with Gasteiger partial charge in [0.25, 0.3) is 5.89 Å². The second-order valence-corrected chi connectivity index (χ2v) is 6.95. The lowest BCUT2D eigenvalue weighted by Crippen LogP contribution is -2.34. The highest BCUT2D eigenvalue weighted by Gasteiger charge is 2.36. The number of rotatable bonds is 4. The molecule has 22 heavy (non-hydrogen) atoms. The van der Waals surface area contributed by atoms with Gasteiger partial charge in [-0.05, 0) is 53.9 Å². The van der Waals surface area contributed by atoms with Crippen molar-refractivity contribution in [3.63, 3.8) is 0 Å². The first-order valence-corrected chi connectivity index (χ1v) is 8.40. The van der Waals surface area contributed by atoms with Gasteiger partial charge in [-0.2, -0.15) is 4.98 Å². The van der Waals surface area contributed by atoms with Crippen molar-refractivity contribution in [3.8, 4) is 5.75 Å². The van der Waals surface area contributed by atoms with Gasteiger partial charge in [0.1, 0.15) is 5.75 Å². The van der Waals surface area contributed by atoms with E-state index in [1.165, 1.54) is 0 Å². The Balaban J connectivity index is 1.75. The minimum atomic E-state index is -0.456. The van der Waals surface area contributed by atoms with Crippen LogP contribution in [0.1, 0.15) is 50.4 Å². The Bertz CT molecular complexity index is 671. The van der Waals surface area contributed by atoms with Crippen molar-refractivity contribution in [1.29, 1.82) is 0 Å². The molecular formula is C15H17BrClN3O2. The van der Waals surface area contributed by atoms with Crippen molar-refractivity contribution in [3.05, 3.63) is 39.4 Å². The summed E-state index contributed by atoms with van der Waals surface area (Å²) in [5.74, 6) is 1.67. The Morgan fingerprint density at radius 3 is 2.82 bits per heavy atom. The van der Waals surface area contributed by atoms with E-state index in [9.17, 15) is 0 Å². The quantitative estimate of drug-likeness (QED) is 0.845. The third-order valence-corrected chi connectivity index (χ3v) is 4.78. The molecule has 5 nitrogen and oxygen atoms in total. The first kappa shape index (κ1) is 15.8. The van der Waals surface area contributed by atoms with Crippen LogP contribution in [0.5, 0.6) is 5.75 Å². The van der Waals surface area contributed by atoms with Crippen LogP contribution in [0.25, 0.3) is 0 Å². The molecule has 1 aromatic heterocycles. The minimum Gasteiger partial charge on any atom is -0.480 e. The zero-order valence-corrected chi connectivity index (χ0v) is 14.5. The molecule has 118 valence electrons. The fourth-order valence-electron chi connectivity index (χ4n) is 2.64. The molecule has 0 saturated heterocycles. The molecule has 1 aromatic carbocycles. The standard InChI is InChI=1S/C15H17BrClN3O2/c1-9(21-12-5-4-10(17)8-11(12)16)13-19-14(20-22-13)15(18)6-2-3-7-15/h4-5,8-9H,2-3,6-7,18H2,1H3. The fraction of sp³-hybridized carbons (Fsp3) is 0.467. The number of halogens is 2. The van der Waals surface area contributed by atoms with Gasteiger partial charge in [-0.3, -0.25) is 0 Å². The molecule has 1 atom stereocenters. The van der Waals surface area contributed by atoms with E-state index in [4.69, 9.17) is 26.6 Å². The Morgan fingerprint density at radius 2 is 2.14 bits per heavy atom. The van der Waals surface area contributed by atoms with Gasteiger partial charge >= 0.3 is 0 Å². The Hall–Kier alpha value is -1.11. The van der Waals surface area contributed by atoms with Gasteiger partial charge in [-0.25, -0.2) is 0 Å². The molecule has 1 aliphatic rings. The summed E-state index contributed by atoms with van der Waals surface area (Å²) >= 11 is 9.34. The second-order valence-electron chi connectivity index (χ2n) is 5.65. The summed E-state index contributed by atoms with van der Waals surface area (Å²) in [4.78, 5) is 4.44. The summed E-state index contributed by atoms with van der Waals surface area (Å²) in [5, 5.41) is 4.68. The zero-order valence-electron chi connectivity index (χ0n) is 12.2. The highest BCUT2D eigenvalue weighted by atomic mass is 79.9. The Labute approximate surface area is 142 Å². The molecule has 0 aliphatic heterocycles. The van der Waals surface area contributed by atoms with Crippen molar-refractivity contribution in [2.24, 2.45) is 5.73 Å². The van der Waals surface area contributed by atoms with Crippen molar-refractivity contribution in [2.75, 3.05) is 0 Å². The molecule has 0 spiro atoms. The van der Waals surface area contributed by atoms with E-state index in [1.54, 1.807) is 18.2 Å². The third kappa shape index (κ3) is 3.14. The van der Waals surface area contributed by atoms with E-state index in [0.717, 1.165) is 30.2 Å². The molecule has 3 rings (SSSR count). The molecular weight excluding hydrogens is 370 g/mol. The van der Waals surface area contributed by atoms with E-state index < -0.39 is 5.54 Å². The van der Waals surface area contributed by atoms with Gasteiger partial charge in [-0.1, -0.05) is 29.6 Å². The summed E-state index contributed by atoms with van der Waals surface area (Å²) in [7, 11) is 0. The van der Waals surface area contributed by atoms with Crippen LogP contribution in [0.3, 0.4) is 0 Å². The van der Waals surface area contributed by atoms with Crippen molar-refractivity contribution >= 4 is 27.5 Å². The minimum absolute atomic E-state index is 0.372. The SMILES string of the molecule is CC(Oc1ccc(Cl)cc1Br)c1nc(C2(N)CCCC2)no1. The van der Waals surface area contributed by atoms with Gasteiger partial charge in [0, 0.05) is 5.02 Å². The molecule has 1 heterocycles. The van der Waals surface area contributed by atoms with Crippen LogP contribution in [0.15, 0.2) is 27.2 Å². The Morgan fingerprint density at radius 1 is 1.41 bits per heavy atom. The number of nitrogens with zero attached hydrogens (tertiary/aromatic N) is 2. The van der Waals surface area contributed by atoms with Crippen LogP contribution in [0, 0.1) is 0 Å². The molecule has 0 bridgehead atoms. The van der Waals surface area contributed by atoms with E-state index in [0.29, 0.717) is 22.5 Å². The van der Waals surface area contributed by atoms with Gasteiger partial charge in [0.05, 0.1) is 10.0 Å². The van der Waals surface area contributed by atoms with Gasteiger partial charge in [-0.15, -0.1) is 0 Å². The van der Waals surface area contributed by atoms with Crippen LogP contribution >= 0.6 is 27.5 Å². The number of aromatic nitrogens is 2. The van der Waals surface area contributed by atoms with Crippen molar-refractivity contribution in [1.82, 2.24) is 10.1 Å². The van der Waals surface area contributed by atoms with Crippen molar-refractivity contribution < 1.29 is 9.26 Å². The molecule has 2 aromatic rings. The molecule has 1 unspecified atom stereocenters. The third-order valence-electron chi connectivity index (χ3n) is 3.93. The number of hydrogen-bond donors (Lipinski definition) is 1. The van der Waals surface area contributed by atoms with Gasteiger partial charge in [0.15, 0.2) is 11.9 Å². The molecule has 1 fully saturated rings. The molecule has 1 saturated carbocycles. The highest BCUT2D eigenvalue weighted by molar-refractivity contribution is 9.10. The second kappa shape index (κ2) is 6.18. The molecule has 0 radical (unpaired) electrons. The van der Waals surface area contributed by atoms with Crippen molar-refractivity contribution in [2.45, 2.75) is 44.2 Å². The van der Waals surface area contributed by atoms with Gasteiger partial charge < -0.3 is 15.0 Å². The van der Waals surface area contributed by atoms with Gasteiger partial charge in [0.2, 0.25) is 0 Å². The molecule has 0 amide bonds. The monoisotopic (exact) mass is 385 g/mol. The maximum absolute atomic E-state index is 6.34. The number of benzene rings is 1.